The summed E-state index contributed by atoms with van der Waals surface area (Å²) >= 11 is 0. The zero-order valence-electron chi connectivity index (χ0n) is 27.8. The van der Waals surface area contributed by atoms with Gasteiger partial charge in [0.25, 0.3) is 0 Å². The first-order chi connectivity index (χ1) is 20.3. The molecule has 3 unspecified atom stereocenters. The molecule has 6 aliphatic carbocycles. The van der Waals surface area contributed by atoms with Crippen molar-refractivity contribution in [3.8, 4) is 0 Å². The first kappa shape index (κ1) is 31.5. The van der Waals surface area contributed by atoms with E-state index in [1.807, 2.05) is 13.0 Å². The third-order valence-electron chi connectivity index (χ3n) is 15.0. The molecule has 0 heterocycles. The van der Waals surface area contributed by atoms with E-state index in [4.69, 9.17) is 4.74 Å². The van der Waals surface area contributed by atoms with Gasteiger partial charge in [-0.15, -0.1) is 0 Å². The number of aliphatic carboxylic acids is 2. The van der Waals surface area contributed by atoms with Crippen molar-refractivity contribution in [2.24, 2.45) is 50.2 Å². The molecule has 6 aliphatic rings. The summed E-state index contributed by atoms with van der Waals surface area (Å²) in [5, 5.41) is 19.8. The minimum Gasteiger partial charge on any atom is -0.481 e. The lowest BCUT2D eigenvalue weighted by Crippen LogP contribution is -2.66. The summed E-state index contributed by atoms with van der Waals surface area (Å²) < 4.78 is 6.16. The lowest BCUT2D eigenvalue weighted by atomic mass is 9.33. The molecule has 2 N–H and O–H groups in total. The van der Waals surface area contributed by atoms with Crippen molar-refractivity contribution in [3.63, 3.8) is 0 Å². The second-order valence-corrected chi connectivity index (χ2v) is 17.4. The van der Waals surface area contributed by atoms with Gasteiger partial charge in [-0.3, -0.25) is 9.59 Å². The van der Waals surface area contributed by atoms with Gasteiger partial charge in [-0.25, -0.2) is 9.59 Å². The van der Waals surface area contributed by atoms with E-state index < -0.39 is 23.3 Å². The number of rotatable bonds is 4. The number of carbonyl (C=O) groups is 4. The molecular formula is C37H52O7. The van der Waals surface area contributed by atoms with E-state index in [9.17, 15) is 29.4 Å². The molecule has 7 heteroatoms. The van der Waals surface area contributed by atoms with Crippen LogP contribution in [0, 0.1) is 50.2 Å². The Labute approximate surface area is 262 Å². The molecule has 7 nitrogen and oxygen atoms in total. The van der Waals surface area contributed by atoms with Crippen molar-refractivity contribution < 1.29 is 34.1 Å². The highest BCUT2D eigenvalue weighted by molar-refractivity contribution is 6.00. The number of ketones is 1. The summed E-state index contributed by atoms with van der Waals surface area (Å²) in [6, 6.07) is 0. The molecule has 44 heavy (non-hydrogen) atoms. The maximum Gasteiger partial charge on any atom is 0.334 e. The average molecular weight is 609 g/mol. The number of esters is 1. The monoisotopic (exact) mass is 608 g/mol. The van der Waals surface area contributed by atoms with Crippen LogP contribution in [0.2, 0.25) is 0 Å². The van der Waals surface area contributed by atoms with Gasteiger partial charge in [0.15, 0.2) is 5.78 Å². The van der Waals surface area contributed by atoms with Crippen LogP contribution in [-0.4, -0.2) is 40.0 Å². The van der Waals surface area contributed by atoms with Crippen LogP contribution >= 0.6 is 0 Å². The lowest BCUT2D eigenvalue weighted by molar-refractivity contribution is -0.209. The number of ether oxygens (including phenoxy) is 1. The number of fused-ring (bicyclic) bond motifs is 7. The van der Waals surface area contributed by atoms with Crippen molar-refractivity contribution in [3.05, 3.63) is 22.8 Å². The smallest absolute Gasteiger partial charge is 0.334 e. The third kappa shape index (κ3) is 4.11. The van der Waals surface area contributed by atoms with Crippen LogP contribution in [0.25, 0.3) is 0 Å². The SMILES string of the molecule is CC1(C)C2CC[C@]3(C)C(C(=O)C=C4[C@@H]5C[C@@](C)(C(=O)O)CC[C@]5(C)CCC43C)[C@@]2(C)CC[C@@H]1OC(=O)C1=C(C(=O)O)CCC1. The first-order valence-electron chi connectivity index (χ1n) is 17.0. The van der Waals surface area contributed by atoms with Gasteiger partial charge in [0, 0.05) is 22.5 Å². The number of carbonyl (C=O) groups excluding carboxylic acids is 2. The Hall–Kier alpha value is -2.44. The molecule has 0 aromatic carbocycles. The third-order valence-corrected chi connectivity index (χ3v) is 15.0. The van der Waals surface area contributed by atoms with E-state index in [2.05, 4.69) is 41.5 Å². The maximum atomic E-state index is 14.6. The summed E-state index contributed by atoms with van der Waals surface area (Å²) in [6.45, 7) is 15.6. The van der Waals surface area contributed by atoms with Crippen molar-refractivity contribution in [1.82, 2.24) is 0 Å². The lowest BCUT2D eigenvalue weighted by Gasteiger charge is -2.70. The molecule has 0 radical (unpaired) electrons. The Morgan fingerprint density at radius 1 is 0.841 bits per heavy atom. The molecule has 0 aromatic heterocycles. The van der Waals surface area contributed by atoms with Crippen molar-refractivity contribution in [1.29, 1.82) is 0 Å². The van der Waals surface area contributed by atoms with E-state index in [0.29, 0.717) is 44.1 Å². The predicted molar refractivity (Wildman–Crippen MR) is 165 cm³/mol. The highest BCUT2D eigenvalue weighted by Gasteiger charge is 2.70. The molecule has 0 bridgehead atoms. The number of hydrogen-bond acceptors (Lipinski definition) is 5. The van der Waals surface area contributed by atoms with Gasteiger partial charge in [-0.2, -0.15) is 0 Å². The van der Waals surface area contributed by atoms with E-state index in [1.54, 1.807) is 0 Å². The van der Waals surface area contributed by atoms with Gasteiger partial charge < -0.3 is 14.9 Å². The minimum atomic E-state index is -1.03. The molecule has 0 amide bonds. The van der Waals surface area contributed by atoms with Crippen molar-refractivity contribution in [2.45, 2.75) is 132 Å². The van der Waals surface area contributed by atoms with Crippen LogP contribution in [0.5, 0.6) is 0 Å². The second kappa shape index (κ2) is 9.78. The molecule has 0 spiro atoms. The predicted octanol–water partition coefficient (Wildman–Crippen LogP) is 7.53. The average Bonchev–Trinajstić information content (AvgIpc) is 3.43. The number of hydrogen-bond donors (Lipinski definition) is 2. The van der Waals surface area contributed by atoms with Crippen molar-refractivity contribution in [2.75, 3.05) is 0 Å². The Balaban J connectivity index is 1.33. The molecule has 4 saturated carbocycles. The molecule has 9 atom stereocenters. The topological polar surface area (TPSA) is 118 Å². The van der Waals surface area contributed by atoms with Crippen LogP contribution in [0.15, 0.2) is 22.8 Å². The fourth-order valence-corrected chi connectivity index (χ4v) is 12.0. The van der Waals surface area contributed by atoms with Gasteiger partial charge >= 0.3 is 17.9 Å². The summed E-state index contributed by atoms with van der Waals surface area (Å²) in [5.41, 5.74) is -0.118. The molecule has 242 valence electrons. The fraction of sp³-hybridized carbons (Fsp3) is 0.784. The molecular weight excluding hydrogens is 556 g/mol. The van der Waals surface area contributed by atoms with Gasteiger partial charge in [0.1, 0.15) is 6.10 Å². The first-order valence-corrected chi connectivity index (χ1v) is 17.0. The summed E-state index contributed by atoms with van der Waals surface area (Å²) in [7, 11) is 0. The number of carboxylic acids is 2. The van der Waals surface area contributed by atoms with Crippen LogP contribution in [0.3, 0.4) is 0 Å². The zero-order valence-corrected chi connectivity index (χ0v) is 27.8. The van der Waals surface area contributed by atoms with Gasteiger partial charge in [0.05, 0.1) is 5.41 Å². The Bertz CT molecular complexity index is 1390. The normalized spacial score (nSPS) is 46.2. The van der Waals surface area contributed by atoms with Crippen LogP contribution < -0.4 is 0 Å². The second-order valence-electron chi connectivity index (χ2n) is 17.4. The van der Waals surface area contributed by atoms with E-state index in [-0.39, 0.29) is 62.3 Å². The Morgan fingerprint density at radius 2 is 1.50 bits per heavy atom. The quantitative estimate of drug-likeness (QED) is 0.317. The summed E-state index contributed by atoms with van der Waals surface area (Å²) in [5.74, 6) is -1.94. The maximum absolute atomic E-state index is 14.6. The molecule has 6 rings (SSSR count). The molecule has 0 aromatic rings. The van der Waals surface area contributed by atoms with Crippen LogP contribution in [0.4, 0.5) is 0 Å². The van der Waals surface area contributed by atoms with E-state index in [1.165, 1.54) is 5.57 Å². The van der Waals surface area contributed by atoms with Crippen molar-refractivity contribution >= 4 is 23.7 Å². The van der Waals surface area contributed by atoms with E-state index in [0.717, 1.165) is 38.5 Å². The zero-order chi connectivity index (χ0) is 32.3. The highest BCUT2D eigenvalue weighted by atomic mass is 16.5. The Kier molecular flexibility index (Phi) is 7.01. The summed E-state index contributed by atoms with van der Waals surface area (Å²) in [4.78, 5) is 51.9. The van der Waals surface area contributed by atoms with Gasteiger partial charge in [0.2, 0.25) is 0 Å². The molecule has 4 fully saturated rings. The molecule has 0 saturated heterocycles. The standard InChI is InChI=1S/C37H52O7/c1-32(2)26-11-14-37(7)28(35(26,5)13-12-27(32)44-30(41)22-10-8-9-21(22)29(39)40)25(38)19-23-24-20-34(4,31(42)43)16-15-33(24,3)17-18-36(23,37)6/h19,24,26-28H,8-18,20H2,1-7H3,(H,39,40)(H,42,43)/t24-,26?,27-,28?,33+,34-,35-,36?,37+/m0/s1. The molecule has 0 aliphatic heterocycles. The number of carboxylic acid groups (broad SMARTS) is 2. The number of allylic oxidation sites excluding steroid dienone is 2. The highest BCUT2D eigenvalue weighted by Crippen LogP contribution is 2.75. The summed E-state index contributed by atoms with van der Waals surface area (Å²) in [6.07, 6.45) is 10.6. The van der Waals surface area contributed by atoms with Gasteiger partial charge in [-0.05, 0) is 124 Å². The largest absolute Gasteiger partial charge is 0.481 e. The van der Waals surface area contributed by atoms with Crippen LogP contribution in [-0.2, 0) is 23.9 Å². The fourth-order valence-electron chi connectivity index (χ4n) is 12.0. The Morgan fingerprint density at radius 3 is 2.16 bits per heavy atom. The van der Waals surface area contributed by atoms with Gasteiger partial charge in [-0.1, -0.05) is 47.1 Å². The van der Waals surface area contributed by atoms with E-state index >= 15 is 0 Å². The van der Waals surface area contributed by atoms with Crippen LogP contribution in [0.1, 0.15) is 126 Å². The minimum absolute atomic E-state index is 0.0179.